The third-order valence-corrected chi connectivity index (χ3v) is 4.16. The minimum Gasteiger partial charge on any atom is -0.531 e. The molecule has 0 aliphatic rings. The molecule has 0 aromatic carbocycles. The maximum Gasteiger partial charge on any atom is 0.284 e. The summed E-state index contributed by atoms with van der Waals surface area (Å²) in [5, 5.41) is 0. The second-order valence-corrected chi connectivity index (χ2v) is 11.2. The van der Waals surface area contributed by atoms with E-state index in [1.165, 1.54) is 0 Å². The van der Waals surface area contributed by atoms with Crippen LogP contribution < -0.4 is 4.43 Å². The number of nitrogens with zero attached hydrogens (tertiary/aromatic N) is 2. The summed E-state index contributed by atoms with van der Waals surface area (Å²) in [6.07, 6.45) is 1.67. The van der Waals surface area contributed by atoms with Crippen molar-refractivity contribution in [3.63, 3.8) is 0 Å². The van der Waals surface area contributed by atoms with E-state index in [0.717, 1.165) is 0 Å². The lowest BCUT2D eigenvalue weighted by Gasteiger charge is -2.18. The van der Waals surface area contributed by atoms with Crippen LogP contribution in [0.4, 0.5) is 0 Å². The molecule has 0 bridgehead atoms. The van der Waals surface area contributed by atoms with Crippen LogP contribution in [0, 0.1) is 0 Å². The first-order valence-electron chi connectivity index (χ1n) is 5.43. The fourth-order valence-electron chi connectivity index (χ4n) is 1.14. The van der Waals surface area contributed by atoms with Crippen LogP contribution in [-0.4, -0.2) is 27.0 Å². The number of hydrogen-bond donors (Lipinski definition) is 0. The summed E-state index contributed by atoms with van der Waals surface area (Å²) >= 11 is 0. The van der Waals surface area contributed by atoms with Crippen LogP contribution in [0.25, 0.3) is 0 Å². The first kappa shape index (κ1) is 13.2. The average molecular weight is 254 g/mol. The van der Waals surface area contributed by atoms with Crippen molar-refractivity contribution in [2.45, 2.75) is 38.7 Å². The molecule has 6 heteroatoms. The number of aromatic nitrogens is 2. The highest BCUT2D eigenvalue weighted by atomic mass is 28.4. The Kier molecular flexibility index (Phi) is 4.48. The van der Waals surface area contributed by atoms with E-state index in [1.54, 1.807) is 12.3 Å². The fraction of sp³-hybridized carbons (Fsp3) is 0.600. The van der Waals surface area contributed by atoms with Crippen LogP contribution >= 0.6 is 0 Å². The first-order valence-corrected chi connectivity index (χ1v) is 10.7. The van der Waals surface area contributed by atoms with Gasteiger partial charge in [0.2, 0.25) is 14.2 Å². The Hall–Kier alpha value is -0.886. The van der Waals surface area contributed by atoms with Gasteiger partial charge in [0.25, 0.3) is 8.68 Å². The molecule has 0 amide bonds. The molecule has 0 fully saturated rings. The van der Waals surface area contributed by atoms with Gasteiger partial charge in [-0.1, -0.05) is 6.92 Å². The van der Waals surface area contributed by atoms with Crippen molar-refractivity contribution in [1.29, 1.82) is 0 Å². The van der Waals surface area contributed by atoms with Crippen LogP contribution in [0.1, 0.15) is 12.7 Å². The molecular formula is C10H18N2O2Si2. The Balaban J connectivity index is 2.75. The van der Waals surface area contributed by atoms with Crippen molar-refractivity contribution in [3.8, 4) is 5.88 Å². The zero-order chi connectivity index (χ0) is 12.2. The third kappa shape index (κ3) is 4.76. The second kappa shape index (κ2) is 5.44. The second-order valence-electron chi connectivity index (χ2n) is 4.59. The van der Waals surface area contributed by atoms with Gasteiger partial charge in [-0.15, -0.1) is 0 Å². The normalized spacial score (nSPS) is 11.2. The lowest BCUT2D eigenvalue weighted by molar-refractivity contribution is 0.527. The van der Waals surface area contributed by atoms with Gasteiger partial charge in [-0.2, -0.15) is 4.98 Å². The van der Waals surface area contributed by atoms with Crippen molar-refractivity contribution in [1.82, 2.24) is 9.97 Å². The fourth-order valence-corrected chi connectivity index (χ4v) is 2.65. The Morgan fingerprint density at radius 3 is 2.69 bits per heavy atom. The van der Waals surface area contributed by atoms with Crippen LogP contribution in [0.3, 0.4) is 0 Å². The molecular weight excluding hydrogens is 236 g/mol. The number of rotatable bonds is 5. The zero-order valence-corrected chi connectivity index (χ0v) is 12.3. The monoisotopic (exact) mass is 254 g/mol. The van der Waals surface area contributed by atoms with E-state index in [9.17, 15) is 4.46 Å². The molecule has 0 aliphatic heterocycles. The van der Waals surface area contributed by atoms with Gasteiger partial charge in [-0.05, 0) is 25.7 Å². The molecule has 4 nitrogen and oxygen atoms in total. The third-order valence-electron chi connectivity index (χ3n) is 1.84. The lowest BCUT2D eigenvalue weighted by Crippen LogP contribution is -2.30. The van der Waals surface area contributed by atoms with E-state index in [0.29, 0.717) is 23.8 Å². The molecule has 0 saturated carbocycles. The molecule has 1 aromatic rings. The quantitative estimate of drug-likeness (QED) is 0.756. The summed E-state index contributed by atoms with van der Waals surface area (Å²) in [7, 11) is -3.19. The predicted octanol–water partition coefficient (Wildman–Crippen LogP) is 2.21. The Bertz CT molecular complexity index is 377. The highest BCUT2D eigenvalue weighted by Gasteiger charge is 2.17. The summed E-state index contributed by atoms with van der Waals surface area (Å²) in [5.74, 6) is 1.23. The van der Waals surface area contributed by atoms with Crippen LogP contribution in [0.2, 0.25) is 25.7 Å². The number of hydrogen-bond acceptors (Lipinski definition) is 4. The van der Waals surface area contributed by atoms with Crippen molar-refractivity contribution in [3.05, 3.63) is 18.1 Å². The minimum atomic E-state index is -1.63. The highest BCUT2D eigenvalue weighted by Crippen LogP contribution is 2.12. The van der Waals surface area contributed by atoms with E-state index >= 15 is 0 Å². The zero-order valence-electron chi connectivity index (χ0n) is 10.3. The smallest absolute Gasteiger partial charge is 0.284 e. The standard InChI is InChI=1S/C10H18N2O2Si2/c1-5-15(13)8-9-11-7-6-10(12-9)14-16(2,3)4/h6-7H,5,8H2,1-4H3. The SMILES string of the molecule is CC[Si](=O)Cc1nccc(O[Si](C)(C)C)n1. The van der Waals surface area contributed by atoms with Gasteiger partial charge in [0, 0.05) is 12.3 Å². The first-order chi connectivity index (χ1) is 7.40. The summed E-state index contributed by atoms with van der Waals surface area (Å²) < 4.78 is 17.2. The summed E-state index contributed by atoms with van der Waals surface area (Å²) in [6.45, 7) is 8.22. The molecule has 0 spiro atoms. The summed E-state index contributed by atoms with van der Waals surface area (Å²) in [6, 6.07) is 2.93. The van der Waals surface area contributed by atoms with E-state index in [-0.39, 0.29) is 0 Å². The predicted molar refractivity (Wildman–Crippen MR) is 66.6 cm³/mol. The van der Waals surface area contributed by atoms with Gasteiger partial charge in [0.15, 0.2) is 0 Å². The van der Waals surface area contributed by atoms with E-state index in [2.05, 4.69) is 29.6 Å². The molecule has 1 heterocycles. The van der Waals surface area contributed by atoms with Crippen LogP contribution in [0.5, 0.6) is 5.88 Å². The van der Waals surface area contributed by atoms with Crippen molar-refractivity contribution < 1.29 is 8.89 Å². The molecule has 0 N–H and O–H groups in total. The lowest BCUT2D eigenvalue weighted by atomic mass is 10.6. The van der Waals surface area contributed by atoms with Gasteiger partial charge >= 0.3 is 0 Å². The molecule has 0 aliphatic carbocycles. The van der Waals surface area contributed by atoms with Gasteiger partial charge in [-0.25, -0.2) is 4.98 Å². The van der Waals surface area contributed by atoms with Gasteiger partial charge < -0.3 is 8.89 Å². The van der Waals surface area contributed by atoms with E-state index in [1.807, 2.05) is 6.92 Å². The topological polar surface area (TPSA) is 52.1 Å². The average Bonchev–Trinajstić information content (AvgIpc) is 2.15. The molecule has 0 unspecified atom stereocenters. The molecule has 1 rings (SSSR count). The van der Waals surface area contributed by atoms with Crippen molar-refractivity contribution in [2.24, 2.45) is 0 Å². The summed E-state index contributed by atoms with van der Waals surface area (Å²) in [4.78, 5) is 8.38. The summed E-state index contributed by atoms with van der Waals surface area (Å²) in [5.41, 5.74) is 0. The maximum absolute atomic E-state index is 11.5. The van der Waals surface area contributed by atoms with Crippen LogP contribution in [0.15, 0.2) is 12.3 Å². The Morgan fingerprint density at radius 1 is 1.44 bits per heavy atom. The maximum atomic E-state index is 11.5. The van der Waals surface area contributed by atoms with Crippen molar-refractivity contribution >= 4 is 17.0 Å². The van der Waals surface area contributed by atoms with Gasteiger partial charge in [-0.3, -0.25) is 0 Å². The Morgan fingerprint density at radius 2 is 2.12 bits per heavy atom. The van der Waals surface area contributed by atoms with Gasteiger partial charge in [0.05, 0.1) is 6.04 Å². The molecule has 16 heavy (non-hydrogen) atoms. The molecule has 1 aromatic heterocycles. The largest absolute Gasteiger partial charge is 0.531 e. The molecule has 88 valence electrons. The molecule has 0 saturated heterocycles. The van der Waals surface area contributed by atoms with Gasteiger partial charge in [0.1, 0.15) is 5.82 Å². The van der Waals surface area contributed by atoms with E-state index < -0.39 is 17.0 Å². The molecule has 0 atom stereocenters. The Labute approximate surface area is 98.9 Å². The minimum absolute atomic E-state index is 0.476. The van der Waals surface area contributed by atoms with E-state index in [4.69, 9.17) is 4.43 Å². The van der Waals surface area contributed by atoms with Crippen molar-refractivity contribution in [2.75, 3.05) is 0 Å². The molecule has 0 radical (unpaired) electrons. The highest BCUT2D eigenvalue weighted by molar-refractivity contribution is 6.70. The van der Waals surface area contributed by atoms with Crippen LogP contribution in [-0.2, 0) is 10.5 Å².